The summed E-state index contributed by atoms with van der Waals surface area (Å²) in [5, 5.41) is 0. The fourth-order valence-electron chi connectivity index (χ4n) is 1.41. The Morgan fingerprint density at radius 3 is 2.28 bits per heavy atom. The van der Waals surface area contributed by atoms with Crippen molar-refractivity contribution in [2.75, 3.05) is 19.5 Å². The lowest BCUT2D eigenvalue weighted by Gasteiger charge is -2.07. The lowest BCUT2D eigenvalue weighted by atomic mass is 10.1. The topological polar surface area (TPSA) is 52.6 Å². The molecule has 0 saturated heterocycles. The average Bonchev–Trinajstić information content (AvgIpc) is 2.42. The van der Waals surface area contributed by atoms with Crippen LogP contribution in [-0.4, -0.2) is 31.4 Å². The van der Waals surface area contributed by atoms with Gasteiger partial charge in [0.1, 0.15) is 0 Å². The highest BCUT2D eigenvalue weighted by Crippen LogP contribution is 2.12. The molecule has 0 bridgehead atoms. The van der Waals surface area contributed by atoms with Gasteiger partial charge in [-0.15, -0.1) is 0 Å². The molecule has 98 valence electrons. The van der Waals surface area contributed by atoms with E-state index in [0.29, 0.717) is 6.61 Å². The summed E-state index contributed by atoms with van der Waals surface area (Å²) in [7, 11) is 1.27. The van der Waals surface area contributed by atoms with Crippen LogP contribution in [0.1, 0.15) is 33.6 Å². The molecule has 0 aliphatic carbocycles. The molecule has 1 rings (SSSR count). The molecule has 0 amide bonds. The number of hydrogen-bond donors (Lipinski definition) is 1. The normalized spacial score (nSPS) is 9.89. The largest absolute Gasteiger partial charge is 0.465 e. The van der Waals surface area contributed by atoms with Crippen LogP contribution in [0.25, 0.3) is 0 Å². The molecule has 1 aromatic carbocycles. The van der Waals surface area contributed by atoms with E-state index in [1.807, 2.05) is 0 Å². The molecule has 0 N–H and O–H groups in total. The average molecular weight is 268 g/mol. The van der Waals surface area contributed by atoms with E-state index in [4.69, 9.17) is 4.74 Å². The van der Waals surface area contributed by atoms with E-state index in [1.165, 1.54) is 13.2 Å². The van der Waals surface area contributed by atoms with Crippen LogP contribution in [0.5, 0.6) is 0 Å². The highest BCUT2D eigenvalue weighted by molar-refractivity contribution is 7.80. The number of thiol groups is 1. The summed E-state index contributed by atoms with van der Waals surface area (Å²) in [5.74, 6) is -0.288. The maximum atomic E-state index is 11.8. The van der Waals surface area contributed by atoms with Crippen molar-refractivity contribution >= 4 is 24.6 Å². The number of unbranched alkanes of at least 4 members (excludes halogenated alkanes) is 1. The first kappa shape index (κ1) is 14.6. The molecule has 0 atom stereocenters. The standard InChI is InChI=1S/C13H16O4S/c1-16-12(14)10-6-2-3-7-11(10)13(15)17-8-4-5-9-18/h2-3,6-7,18H,4-5,8-9H2,1H3. The molecular weight excluding hydrogens is 252 g/mol. The summed E-state index contributed by atoms with van der Waals surface area (Å²) in [4.78, 5) is 23.3. The summed E-state index contributed by atoms with van der Waals surface area (Å²) in [6.45, 7) is 0.328. The van der Waals surface area contributed by atoms with Gasteiger partial charge in [0.15, 0.2) is 0 Å². The lowest BCUT2D eigenvalue weighted by molar-refractivity contribution is 0.0482. The van der Waals surface area contributed by atoms with Gasteiger partial charge in [0, 0.05) is 0 Å². The van der Waals surface area contributed by atoms with Gasteiger partial charge < -0.3 is 9.47 Å². The highest BCUT2D eigenvalue weighted by Gasteiger charge is 2.17. The van der Waals surface area contributed by atoms with Gasteiger partial charge in [-0.25, -0.2) is 9.59 Å². The SMILES string of the molecule is COC(=O)c1ccccc1C(=O)OCCCCS. The molecule has 0 saturated carbocycles. The summed E-state index contributed by atoms with van der Waals surface area (Å²) in [6.07, 6.45) is 1.64. The minimum atomic E-state index is -0.544. The molecular formula is C13H16O4S. The Morgan fingerprint density at radius 1 is 1.11 bits per heavy atom. The van der Waals surface area contributed by atoms with Gasteiger partial charge in [-0.1, -0.05) is 12.1 Å². The van der Waals surface area contributed by atoms with E-state index in [1.54, 1.807) is 18.2 Å². The van der Waals surface area contributed by atoms with E-state index in [0.717, 1.165) is 18.6 Å². The Kier molecular flexibility index (Phi) is 6.28. The molecule has 0 aliphatic heterocycles. The van der Waals surface area contributed by atoms with E-state index in [2.05, 4.69) is 17.4 Å². The second kappa shape index (κ2) is 7.76. The van der Waals surface area contributed by atoms with Crippen molar-refractivity contribution in [1.29, 1.82) is 0 Å². The predicted molar refractivity (Wildman–Crippen MR) is 71.2 cm³/mol. The summed E-state index contributed by atoms with van der Waals surface area (Å²) in [6, 6.07) is 6.43. The van der Waals surface area contributed by atoms with Crippen LogP contribution in [0.4, 0.5) is 0 Å². The van der Waals surface area contributed by atoms with Gasteiger partial charge in [0.25, 0.3) is 0 Å². The first-order chi connectivity index (χ1) is 8.70. The zero-order chi connectivity index (χ0) is 13.4. The quantitative estimate of drug-likeness (QED) is 0.489. The Hall–Kier alpha value is -1.49. The molecule has 5 heteroatoms. The number of carbonyl (C=O) groups excluding carboxylic acids is 2. The van der Waals surface area contributed by atoms with E-state index in [-0.39, 0.29) is 11.1 Å². The first-order valence-electron chi connectivity index (χ1n) is 5.66. The van der Waals surface area contributed by atoms with Gasteiger partial charge in [-0.05, 0) is 30.7 Å². The molecule has 0 unspecified atom stereocenters. The number of rotatable bonds is 6. The molecule has 0 heterocycles. The Morgan fingerprint density at radius 2 is 1.72 bits per heavy atom. The summed E-state index contributed by atoms with van der Waals surface area (Å²) < 4.78 is 9.70. The van der Waals surface area contributed by atoms with E-state index < -0.39 is 11.9 Å². The number of esters is 2. The third-order valence-corrected chi connectivity index (χ3v) is 2.65. The van der Waals surface area contributed by atoms with Crippen molar-refractivity contribution in [2.45, 2.75) is 12.8 Å². The Balaban J connectivity index is 2.70. The zero-order valence-electron chi connectivity index (χ0n) is 10.2. The van der Waals surface area contributed by atoms with Crippen LogP contribution in [0, 0.1) is 0 Å². The van der Waals surface area contributed by atoms with Crippen molar-refractivity contribution in [2.24, 2.45) is 0 Å². The molecule has 1 aromatic rings. The van der Waals surface area contributed by atoms with Crippen molar-refractivity contribution in [3.05, 3.63) is 35.4 Å². The molecule has 0 aliphatic rings. The van der Waals surface area contributed by atoms with Crippen molar-refractivity contribution in [3.8, 4) is 0 Å². The number of ether oxygens (including phenoxy) is 2. The zero-order valence-corrected chi connectivity index (χ0v) is 11.1. The number of hydrogen-bond acceptors (Lipinski definition) is 5. The molecule has 4 nitrogen and oxygen atoms in total. The molecule has 0 aromatic heterocycles. The lowest BCUT2D eigenvalue weighted by Crippen LogP contribution is -2.13. The second-order valence-corrected chi connectivity index (χ2v) is 4.05. The fraction of sp³-hybridized carbons (Fsp3) is 0.385. The number of benzene rings is 1. The smallest absolute Gasteiger partial charge is 0.339 e. The van der Waals surface area contributed by atoms with Crippen LogP contribution in [0.2, 0.25) is 0 Å². The maximum absolute atomic E-state index is 11.8. The van der Waals surface area contributed by atoms with Gasteiger partial charge in [0.05, 0.1) is 24.8 Å². The van der Waals surface area contributed by atoms with Gasteiger partial charge in [-0.3, -0.25) is 0 Å². The number of methoxy groups -OCH3 is 1. The van der Waals surface area contributed by atoms with Crippen LogP contribution in [0.15, 0.2) is 24.3 Å². The Bertz CT molecular complexity index is 417. The van der Waals surface area contributed by atoms with Gasteiger partial charge in [-0.2, -0.15) is 12.6 Å². The van der Waals surface area contributed by atoms with Crippen LogP contribution in [-0.2, 0) is 9.47 Å². The second-order valence-electron chi connectivity index (χ2n) is 3.60. The maximum Gasteiger partial charge on any atom is 0.339 e. The molecule has 18 heavy (non-hydrogen) atoms. The summed E-state index contributed by atoms with van der Waals surface area (Å²) >= 11 is 4.07. The highest BCUT2D eigenvalue weighted by atomic mass is 32.1. The summed E-state index contributed by atoms with van der Waals surface area (Å²) in [5.41, 5.74) is 0.453. The van der Waals surface area contributed by atoms with E-state index >= 15 is 0 Å². The fourth-order valence-corrected chi connectivity index (χ4v) is 1.63. The minimum absolute atomic E-state index is 0.221. The van der Waals surface area contributed by atoms with Gasteiger partial charge in [0.2, 0.25) is 0 Å². The third kappa shape index (κ3) is 4.07. The molecule has 0 radical (unpaired) electrons. The third-order valence-electron chi connectivity index (χ3n) is 2.34. The van der Waals surface area contributed by atoms with Crippen molar-refractivity contribution in [3.63, 3.8) is 0 Å². The van der Waals surface area contributed by atoms with Crippen LogP contribution in [0.3, 0.4) is 0 Å². The van der Waals surface area contributed by atoms with Gasteiger partial charge >= 0.3 is 11.9 Å². The minimum Gasteiger partial charge on any atom is -0.465 e. The molecule has 0 spiro atoms. The molecule has 0 fully saturated rings. The van der Waals surface area contributed by atoms with Crippen LogP contribution < -0.4 is 0 Å². The van der Waals surface area contributed by atoms with Crippen molar-refractivity contribution in [1.82, 2.24) is 0 Å². The van der Waals surface area contributed by atoms with Crippen LogP contribution >= 0.6 is 12.6 Å². The van der Waals surface area contributed by atoms with Crippen molar-refractivity contribution < 1.29 is 19.1 Å². The first-order valence-corrected chi connectivity index (χ1v) is 6.29. The predicted octanol–water partition coefficient (Wildman–Crippen LogP) is 2.34. The Labute approximate surface area is 112 Å². The number of carbonyl (C=O) groups is 2. The monoisotopic (exact) mass is 268 g/mol. The van der Waals surface area contributed by atoms with E-state index in [9.17, 15) is 9.59 Å².